The fourth-order valence-corrected chi connectivity index (χ4v) is 4.25. The van der Waals surface area contributed by atoms with Crippen LogP contribution in [0.4, 0.5) is 0 Å². The van der Waals surface area contributed by atoms with Crippen LogP contribution >= 0.6 is 0 Å². The van der Waals surface area contributed by atoms with E-state index in [4.69, 9.17) is 14.2 Å². The molecule has 0 aliphatic carbocycles. The Morgan fingerprint density at radius 2 is 0.758 bits per heavy atom. The third kappa shape index (κ3) is 15.6. The first-order chi connectivity index (χ1) is 15.5. The summed E-state index contributed by atoms with van der Waals surface area (Å²) < 4.78 is 19.0. The highest BCUT2D eigenvalue weighted by atomic mass is 16.9. The second-order valence-corrected chi connectivity index (χ2v) is 11.3. The van der Waals surface area contributed by atoms with E-state index in [9.17, 15) is 0 Å². The van der Waals surface area contributed by atoms with Crippen LogP contribution in [0.1, 0.15) is 120 Å². The summed E-state index contributed by atoms with van der Waals surface area (Å²) in [6.07, 6.45) is 16.2. The minimum Gasteiger partial charge on any atom is -0.324 e. The van der Waals surface area contributed by atoms with Crippen molar-refractivity contribution in [2.24, 2.45) is 17.8 Å². The molecule has 1 aliphatic rings. The molecule has 0 aromatic heterocycles. The van der Waals surface area contributed by atoms with Gasteiger partial charge in [0.25, 0.3) is 0 Å². The topological polar surface area (TPSA) is 27.7 Å². The van der Waals surface area contributed by atoms with E-state index in [-0.39, 0.29) is 18.9 Å². The zero-order chi connectivity index (χ0) is 24.8. The first kappa shape index (κ1) is 30.1. The van der Waals surface area contributed by atoms with E-state index in [0.29, 0.717) is 17.8 Å². The third-order valence-electron chi connectivity index (χ3n) is 6.33. The molecule has 1 aliphatic heterocycles. The van der Waals surface area contributed by atoms with Crippen molar-refractivity contribution in [3.8, 4) is 0 Å². The fraction of sp³-hybridized carbons (Fsp3) is 0.800. The van der Waals surface area contributed by atoms with E-state index in [0.717, 1.165) is 38.5 Å². The van der Waals surface area contributed by atoms with Crippen molar-refractivity contribution in [2.75, 3.05) is 0 Å². The Labute approximate surface area is 206 Å². The first-order valence-corrected chi connectivity index (χ1v) is 13.4. The summed E-state index contributed by atoms with van der Waals surface area (Å²) in [5, 5.41) is 0. The van der Waals surface area contributed by atoms with Gasteiger partial charge in [0.05, 0.1) is 0 Å². The van der Waals surface area contributed by atoms with E-state index in [2.05, 4.69) is 80.5 Å². The van der Waals surface area contributed by atoms with Crippen LogP contribution in [0.25, 0.3) is 0 Å². The Balaban J connectivity index is 2.67. The van der Waals surface area contributed by atoms with Crippen LogP contribution < -0.4 is 0 Å². The second-order valence-electron chi connectivity index (χ2n) is 11.3. The molecule has 1 saturated heterocycles. The molecule has 3 nitrogen and oxygen atoms in total. The molecule has 0 N–H and O–H groups in total. The molecular weight excluding hydrogens is 408 g/mol. The van der Waals surface area contributed by atoms with E-state index in [1.54, 1.807) is 0 Å². The molecule has 1 fully saturated rings. The van der Waals surface area contributed by atoms with Gasteiger partial charge in [-0.05, 0) is 97.8 Å². The van der Waals surface area contributed by atoms with Crippen molar-refractivity contribution in [1.29, 1.82) is 0 Å². The molecule has 0 amide bonds. The van der Waals surface area contributed by atoms with Crippen LogP contribution in [0.15, 0.2) is 34.9 Å². The summed E-state index contributed by atoms with van der Waals surface area (Å²) in [6, 6.07) is 0. The molecular formula is C30H54O3. The Bertz CT molecular complexity index is 514. The molecule has 3 unspecified atom stereocenters. The molecule has 192 valence electrons. The van der Waals surface area contributed by atoms with Crippen molar-refractivity contribution in [3.05, 3.63) is 34.9 Å². The largest absolute Gasteiger partial charge is 0.324 e. The average molecular weight is 463 g/mol. The summed E-state index contributed by atoms with van der Waals surface area (Å²) in [6.45, 7) is 20.0. The van der Waals surface area contributed by atoms with Crippen LogP contribution in [-0.4, -0.2) is 18.9 Å². The maximum Gasteiger partial charge on any atom is 0.164 e. The lowest BCUT2D eigenvalue weighted by Crippen LogP contribution is -2.42. The number of ether oxygens (including phenoxy) is 3. The molecule has 1 rings (SSSR count). The van der Waals surface area contributed by atoms with E-state index in [1.165, 1.54) is 36.0 Å². The second kappa shape index (κ2) is 16.7. The summed E-state index contributed by atoms with van der Waals surface area (Å²) in [4.78, 5) is 0. The van der Waals surface area contributed by atoms with Crippen LogP contribution in [-0.2, 0) is 14.2 Å². The van der Waals surface area contributed by atoms with Gasteiger partial charge in [-0.1, -0.05) is 55.7 Å². The van der Waals surface area contributed by atoms with E-state index in [1.807, 2.05) is 0 Å². The minimum atomic E-state index is -0.162. The van der Waals surface area contributed by atoms with Gasteiger partial charge in [0.15, 0.2) is 18.9 Å². The highest BCUT2D eigenvalue weighted by Crippen LogP contribution is 2.30. The molecule has 0 bridgehead atoms. The maximum absolute atomic E-state index is 6.32. The van der Waals surface area contributed by atoms with Crippen LogP contribution in [0.2, 0.25) is 0 Å². The average Bonchev–Trinajstić information content (AvgIpc) is 2.66. The monoisotopic (exact) mass is 462 g/mol. The van der Waals surface area contributed by atoms with Crippen LogP contribution in [0, 0.1) is 17.8 Å². The first-order valence-electron chi connectivity index (χ1n) is 13.4. The maximum atomic E-state index is 6.32. The Morgan fingerprint density at radius 1 is 0.515 bits per heavy atom. The number of allylic oxidation sites excluding steroid dienone is 6. The van der Waals surface area contributed by atoms with Crippen molar-refractivity contribution in [1.82, 2.24) is 0 Å². The van der Waals surface area contributed by atoms with Gasteiger partial charge in [0.2, 0.25) is 0 Å². The van der Waals surface area contributed by atoms with Crippen molar-refractivity contribution in [3.63, 3.8) is 0 Å². The Hall–Kier alpha value is -0.900. The van der Waals surface area contributed by atoms with Gasteiger partial charge < -0.3 is 14.2 Å². The standard InChI is InChI=1S/C30H54O3/c1-22(2)13-10-16-25(7)19-28-31-29(20-26(8)17-11-14-23(3)4)33-30(32-28)21-27(9)18-12-15-24(5)6/h13-15,25-30H,10-12,16-21H2,1-9H3. The highest BCUT2D eigenvalue weighted by Gasteiger charge is 2.33. The summed E-state index contributed by atoms with van der Waals surface area (Å²) in [7, 11) is 0. The summed E-state index contributed by atoms with van der Waals surface area (Å²) >= 11 is 0. The lowest BCUT2D eigenvalue weighted by Gasteiger charge is -2.38. The summed E-state index contributed by atoms with van der Waals surface area (Å²) in [5.41, 5.74) is 4.18. The van der Waals surface area contributed by atoms with Crippen molar-refractivity contribution < 1.29 is 14.2 Å². The molecule has 1 heterocycles. The van der Waals surface area contributed by atoms with Crippen molar-refractivity contribution >= 4 is 0 Å². The quantitative estimate of drug-likeness (QED) is 0.227. The fourth-order valence-electron chi connectivity index (χ4n) is 4.25. The lowest BCUT2D eigenvalue weighted by atomic mass is 9.98. The molecule has 0 radical (unpaired) electrons. The van der Waals surface area contributed by atoms with Gasteiger partial charge in [-0.2, -0.15) is 0 Å². The highest BCUT2D eigenvalue weighted by molar-refractivity contribution is 4.94. The molecule has 0 aromatic carbocycles. The van der Waals surface area contributed by atoms with Crippen LogP contribution in [0.5, 0.6) is 0 Å². The molecule has 3 heteroatoms. The number of rotatable bonds is 15. The van der Waals surface area contributed by atoms with Gasteiger partial charge in [-0.3, -0.25) is 0 Å². The van der Waals surface area contributed by atoms with Crippen molar-refractivity contribution in [2.45, 2.75) is 139 Å². The third-order valence-corrected chi connectivity index (χ3v) is 6.33. The van der Waals surface area contributed by atoms with Crippen LogP contribution in [0.3, 0.4) is 0 Å². The predicted molar refractivity (Wildman–Crippen MR) is 142 cm³/mol. The Morgan fingerprint density at radius 3 is 0.970 bits per heavy atom. The van der Waals surface area contributed by atoms with Gasteiger partial charge in [-0.15, -0.1) is 0 Å². The summed E-state index contributed by atoms with van der Waals surface area (Å²) in [5.74, 6) is 1.69. The van der Waals surface area contributed by atoms with Gasteiger partial charge in [-0.25, -0.2) is 0 Å². The van der Waals surface area contributed by atoms with E-state index < -0.39 is 0 Å². The normalized spacial score (nSPS) is 23.4. The van der Waals surface area contributed by atoms with Gasteiger partial charge in [0, 0.05) is 19.3 Å². The van der Waals surface area contributed by atoms with E-state index >= 15 is 0 Å². The molecule has 0 aromatic rings. The smallest absolute Gasteiger partial charge is 0.164 e. The zero-order valence-electron chi connectivity index (χ0n) is 23.3. The molecule has 3 atom stereocenters. The molecule has 0 saturated carbocycles. The lowest BCUT2D eigenvalue weighted by molar-refractivity contribution is -0.390. The SMILES string of the molecule is CC(C)=CCCC(C)CC1OC(CC(C)CCC=C(C)C)OC(CC(C)CCC=C(C)C)O1. The zero-order valence-corrected chi connectivity index (χ0v) is 23.3. The molecule has 33 heavy (non-hydrogen) atoms. The minimum absolute atomic E-state index is 0.162. The number of hydrogen-bond acceptors (Lipinski definition) is 3. The Kier molecular flexibility index (Phi) is 15.2. The van der Waals surface area contributed by atoms with Gasteiger partial charge in [0.1, 0.15) is 0 Å². The predicted octanol–water partition coefficient (Wildman–Crippen LogP) is 9.35. The van der Waals surface area contributed by atoms with Gasteiger partial charge >= 0.3 is 0 Å². The molecule has 0 spiro atoms. The number of hydrogen-bond donors (Lipinski definition) is 0.